The molecule has 4 rings (SSSR count). The second-order valence-electron chi connectivity index (χ2n) is 5.03. The Hall–Kier alpha value is -3.35. The van der Waals surface area contributed by atoms with Crippen molar-refractivity contribution in [1.82, 2.24) is 20.2 Å². The topological polar surface area (TPSA) is 106 Å². The van der Waals surface area contributed by atoms with E-state index in [1.807, 2.05) is 42.5 Å². The molecule has 0 aliphatic heterocycles. The lowest BCUT2D eigenvalue weighted by Gasteiger charge is -2.04. The van der Waals surface area contributed by atoms with E-state index in [4.69, 9.17) is 10.2 Å². The summed E-state index contributed by atoms with van der Waals surface area (Å²) in [6.45, 7) is 0.507. The summed E-state index contributed by atoms with van der Waals surface area (Å²) in [5.74, 6) is 2.36. The second kappa shape index (κ2) is 5.45. The quantitative estimate of drug-likeness (QED) is 0.535. The van der Waals surface area contributed by atoms with Crippen LogP contribution in [0.2, 0.25) is 0 Å². The van der Waals surface area contributed by atoms with Gasteiger partial charge in [0, 0.05) is 5.56 Å². The number of aromatic amines is 1. The van der Waals surface area contributed by atoms with Crippen LogP contribution >= 0.6 is 0 Å². The van der Waals surface area contributed by atoms with Crippen molar-refractivity contribution in [3.05, 3.63) is 54.5 Å². The van der Waals surface area contributed by atoms with Gasteiger partial charge < -0.3 is 15.5 Å². The molecule has 3 aromatic heterocycles. The molecule has 4 aromatic rings. The van der Waals surface area contributed by atoms with Gasteiger partial charge in [0.1, 0.15) is 17.0 Å². The lowest BCUT2D eigenvalue weighted by atomic mass is 10.2. The van der Waals surface area contributed by atoms with Gasteiger partial charge in [-0.25, -0.2) is 9.97 Å². The Morgan fingerprint density at radius 1 is 1.09 bits per heavy atom. The number of nitrogens with zero attached hydrogens (tertiary/aromatic N) is 3. The number of nitrogen functional groups attached to an aromatic ring is 1. The van der Waals surface area contributed by atoms with Gasteiger partial charge in [-0.1, -0.05) is 30.3 Å². The highest BCUT2D eigenvalue weighted by atomic mass is 16.3. The Balaban J connectivity index is 1.69. The maximum Gasteiger partial charge on any atom is 0.163 e. The van der Waals surface area contributed by atoms with E-state index in [0.29, 0.717) is 35.0 Å². The molecular weight excluding hydrogens is 292 g/mol. The zero-order valence-electron chi connectivity index (χ0n) is 12.2. The standard InChI is InChI=1S/C16H14N6O/c17-13-12-15(18-9-11-7-4-8-23-11)21-22-16(12)20-14(19-13)10-5-2-1-3-6-10/h1-8H,9H2,(H4,17,18,19,20,21,22). The number of H-pyrrole nitrogens is 1. The van der Waals surface area contributed by atoms with Crippen molar-refractivity contribution in [3.63, 3.8) is 0 Å². The molecule has 0 saturated heterocycles. The van der Waals surface area contributed by atoms with Crippen LogP contribution < -0.4 is 11.1 Å². The van der Waals surface area contributed by atoms with Crippen LogP contribution in [0.5, 0.6) is 0 Å². The average Bonchev–Trinajstić information content (AvgIpc) is 3.23. The number of rotatable bonds is 4. The van der Waals surface area contributed by atoms with E-state index >= 15 is 0 Å². The molecule has 0 amide bonds. The van der Waals surface area contributed by atoms with E-state index in [-0.39, 0.29) is 0 Å². The molecule has 0 saturated carbocycles. The molecule has 0 aliphatic carbocycles. The highest BCUT2D eigenvalue weighted by molar-refractivity contribution is 5.96. The summed E-state index contributed by atoms with van der Waals surface area (Å²) in [6.07, 6.45) is 1.63. The van der Waals surface area contributed by atoms with Crippen molar-refractivity contribution >= 4 is 22.7 Å². The van der Waals surface area contributed by atoms with Gasteiger partial charge in [0.2, 0.25) is 0 Å². The van der Waals surface area contributed by atoms with Crippen LogP contribution in [0.1, 0.15) is 5.76 Å². The van der Waals surface area contributed by atoms with Crippen molar-refractivity contribution in [1.29, 1.82) is 0 Å². The van der Waals surface area contributed by atoms with Gasteiger partial charge in [0.15, 0.2) is 17.3 Å². The van der Waals surface area contributed by atoms with Crippen molar-refractivity contribution in [2.75, 3.05) is 11.1 Å². The molecule has 0 spiro atoms. The molecule has 3 heterocycles. The third-order valence-corrected chi connectivity index (χ3v) is 3.49. The fourth-order valence-corrected chi connectivity index (χ4v) is 2.39. The first kappa shape index (κ1) is 13.3. The number of hydrogen-bond donors (Lipinski definition) is 3. The first-order chi connectivity index (χ1) is 11.3. The van der Waals surface area contributed by atoms with E-state index < -0.39 is 0 Å². The molecule has 23 heavy (non-hydrogen) atoms. The van der Waals surface area contributed by atoms with Crippen molar-refractivity contribution in [2.45, 2.75) is 6.54 Å². The number of fused-ring (bicyclic) bond motifs is 1. The molecule has 0 unspecified atom stereocenters. The van der Waals surface area contributed by atoms with Gasteiger partial charge in [-0.2, -0.15) is 5.10 Å². The maximum atomic E-state index is 6.11. The van der Waals surface area contributed by atoms with Crippen LogP contribution in [0.25, 0.3) is 22.4 Å². The number of hydrogen-bond acceptors (Lipinski definition) is 6. The number of aromatic nitrogens is 4. The zero-order chi connectivity index (χ0) is 15.6. The van der Waals surface area contributed by atoms with E-state index in [1.54, 1.807) is 6.26 Å². The summed E-state index contributed by atoms with van der Waals surface area (Å²) in [6, 6.07) is 13.4. The van der Waals surface area contributed by atoms with Gasteiger partial charge in [-0.05, 0) is 12.1 Å². The molecule has 0 atom stereocenters. The SMILES string of the molecule is Nc1nc(-c2ccccc2)nc2[nH]nc(NCc3ccco3)c12. The minimum atomic E-state index is 0.379. The molecule has 4 N–H and O–H groups in total. The summed E-state index contributed by atoms with van der Waals surface area (Å²) >= 11 is 0. The molecular formula is C16H14N6O. The van der Waals surface area contributed by atoms with Crippen molar-refractivity contribution < 1.29 is 4.42 Å². The van der Waals surface area contributed by atoms with Crippen LogP contribution in [-0.2, 0) is 6.54 Å². The van der Waals surface area contributed by atoms with E-state index in [1.165, 1.54) is 0 Å². The molecule has 0 radical (unpaired) electrons. The Bertz CT molecular complexity index is 930. The lowest BCUT2D eigenvalue weighted by Crippen LogP contribution is -2.01. The number of nitrogens with one attached hydrogen (secondary N) is 2. The molecule has 0 aliphatic rings. The van der Waals surface area contributed by atoms with Crippen LogP contribution in [0, 0.1) is 0 Å². The number of anilines is 2. The summed E-state index contributed by atoms with van der Waals surface area (Å²) in [5, 5.41) is 11.0. The Kier molecular flexibility index (Phi) is 3.16. The highest BCUT2D eigenvalue weighted by Crippen LogP contribution is 2.27. The second-order valence-corrected chi connectivity index (χ2v) is 5.03. The number of nitrogens with two attached hydrogens (primary N) is 1. The van der Waals surface area contributed by atoms with Gasteiger partial charge >= 0.3 is 0 Å². The highest BCUT2D eigenvalue weighted by Gasteiger charge is 2.14. The summed E-state index contributed by atoms with van der Waals surface area (Å²) in [5.41, 5.74) is 7.61. The van der Waals surface area contributed by atoms with Crippen LogP contribution in [0.3, 0.4) is 0 Å². The fraction of sp³-hybridized carbons (Fsp3) is 0.0625. The lowest BCUT2D eigenvalue weighted by molar-refractivity contribution is 0.518. The molecule has 1 aromatic carbocycles. The van der Waals surface area contributed by atoms with Crippen LogP contribution in [-0.4, -0.2) is 20.2 Å². The Labute approximate surface area is 131 Å². The first-order valence-corrected chi connectivity index (χ1v) is 7.14. The van der Waals surface area contributed by atoms with Crippen LogP contribution in [0.4, 0.5) is 11.6 Å². The van der Waals surface area contributed by atoms with Gasteiger partial charge in [0.05, 0.1) is 12.8 Å². The molecule has 114 valence electrons. The summed E-state index contributed by atoms with van der Waals surface area (Å²) < 4.78 is 5.29. The predicted octanol–water partition coefficient (Wildman–Crippen LogP) is 2.81. The average molecular weight is 306 g/mol. The largest absolute Gasteiger partial charge is 0.467 e. The Morgan fingerprint density at radius 2 is 1.96 bits per heavy atom. The molecule has 7 heteroatoms. The summed E-state index contributed by atoms with van der Waals surface area (Å²) in [7, 11) is 0. The molecule has 0 bridgehead atoms. The van der Waals surface area contributed by atoms with Gasteiger partial charge in [-0.3, -0.25) is 5.10 Å². The molecule has 0 fully saturated rings. The first-order valence-electron chi connectivity index (χ1n) is 7.14. The smallest absolute Gasteiger partial charge is 0.163 e. The van der Waals surface area contributed by atoms with Crippen LogP contribution in [0.15, 0.2) is 53.1 Å². The fourth-order valence-electron chi connectivity index (χ4n) is 2.39. The minimum Gasteiger partial charge on any atom is -0.467 e. The number of benzene rings is 1. The Morgan fingerprint density at radius 3 is 2.74 bits per heavy atom. The van der Waals surface area contributed by atoms with Gasteiger partial charge in [-0.15, -0.1) is 0 Å². The predicted molar refractivity (Wildman–Crippen MR) is 87.6 cm³/mol. The maximum absolute atomic E-state index is 6.11. The van der Waals surface area contributed by atoms with Crippen molar-refractivity contribution in [2.24, 2.45) is 0 Å². The van der Waals surface area contributed by atoms with Crippen molar-refractivity contribution in [3.8, 4) is 11.4 Å². The summed E-state index contributed by atoms with van der Waals surface area (Å²) in [4.78, 5) is 8.89. The third-order valence-electron chi connectivity index (χ3n) is 3.49. The van der Waals surface area contributed by atoms with E-state index in [0.717, 1.165) is 11.3 Å². The van der Waals surface area contributed by atoms with Gasteiger partial charge in [0.25, 0.3) is 0 Å². The molecule has 7 nitrogen and oxygen atoms in total. The number of furan rings is 1. The minimum absolute atomic E-state index is 0.379. The zero-order valence-corrected chi connectivity index (χ0v) is 12.2. The normalized spacial score (nSPS) is 11.0. The van der Waals surface area contributed by atoms with E-state index in [2.05, 4.69) is 25.5 Å². The third kappa shape index (κ3) is 2.48. The van der Waals surface area contributed by atoms with E-state index in [9.17, 15) is 0 Å². The monoisotopic (exact) mass is 306 g/mol.